The van der Waals surface area contributed by atoms with Gasteiger partial charge in [-0.15, -0.1) is 0 Å². The van der Waals surface area contributed by atoms with Gasteiger partial charge in [-0.25, -0.2) is 8.42 Å². The van der Waals surface area contributed by atoms with E-state index in [2.05, 4.69) is 18.9 Å². The molecule has 64 valence electrons. The fourth-order valence-corrected chi connectivity index (χ4v) is 0.990. The van der Waals surface area contributed by atoms with E-state index in [9.17, 15) is 8.42 Å². The second kappa shape index (κ2) is 3.16. The molecule has 0 atom stereocenters. The van der Waals surface area contributed by atoms with Gasteiger partial charge < -0.3 is 9.47 Å². The Bertz CT molecular complexity index is 375. The predicted molar refractivity (Wildman–Crippen MR) is 37.5 cm³/mol. The van der Waals surface area contributed by atoms with Crippen LogP contribution in [0.25, 0.3) is 10.4 Å². The zero-order valence-electron chi connectivity index (χ0n) is 5.61. The standard InChI is InChI=1S/C4H3N3O4S/c5-6-7-12(8,9)4-3-10-1-2-11-4/h1-3H. The minimum atomic E-state index is -4.06. The van der Waals surface area contributed by atoms with E-state index in [-0.39, 0.29) is 0 Å². The van der Waals surface area contributed by atoms with Crippen LogP contribution in [0, 0.1) is 0 Å². The van der Waals surface area contributed by atoms with Crippen LogP contribution in [0.2, 0.25) is 0 Å². The maximum Gasteiger partial charge on any atom is 0.300 e. The van der Waals surface area contributed by atoms with Gasteiger partial charge in [0.15, 0.2) is 0 Å². The fourth-order valence-electron chi connectivity index (χ4n) is 0.459. The van der Waals surface area contributed by atoms with Crippen molar-refractivity contribution in [1.82, 2.24) is 0 Å². The van der Waals surface area contributed by atoms with Gasteiger partial charge in [-0.3, -0.25) is 0 Å². The van der Waals surface area contributed by atoms with Crippen LogP contribution in [0.4, 0.5) is 0 Å². The Labute approximate surface area is 67.6 Å². The Morgan fingerprint density at radius 3 is 2.75 bits per heavy atom. The second-order valence-corrected chi connectivity index (χ2v) is 3.12. The molecule has 0 N–H and O–H groups in total. The van der Waals surface area contributed by atoms with Crippen LogP contribution in [-0.4, -0.2) is 8.42 Å². The highest BCUT2D eigenvalue weighted by Crippen LogP contribution is 2.14. The van der Waals surface area contributed by atoms with Gasteiger partial charge in [0.05, 0.1) is 0 Å². The molecule has 0 saturated heterocycles. The Morgan fingerprint density at radius 1 is 1.50 bits per heavy atom. The van der Waals surface area contributed by atoms with Gasteiger partial charge in [0, 0.05) is 9.43 Å². The Hall–Kier alpha value is -1.66. The van der Waals surface area contributed by atoms with Crippen molar-refractivity contribution >= 4 is 10.0 Å². The molecule has 0 aromatic rings. The maximum absolute atomic E-state index is 10.9. The molecular formula is C4H3N3O4S. The van der Waals surface area contributed by atoms with Gasteiger partial charge in [0.1, 0.15) is 18.8 Å². The van der Waals surface area contributed by atoms with Gasteiger partial charge in [0.25, 0.3) is 5.09 Å². The topological polar surface area (TPSA) is 101 Å². The first kappa shape index (κ1) is 8.44. The molecule has 1 aliphatic rings. The van der Waals surface area contributed by atoms with Crippen molar-refractivity contribution in [2.45, 2.75) is 0 Å². The van der Waals surface area contributed by atoms with Crippen molar-refractivity contribution in [3.63, 3.8) is 0 Å². The lowest BCUT2D eigenvalue weighted by molar-refractivity contribution is 0.276. The highest BCUT2D eigenvalue weighted by Gasteiger charge is 2.19. The van der Waals surface area contributed by atoms with E-state index in [0.717, 1.165) is 18.8 Å². The molecule has 8 heteroatoms. The molecule has 12 heavy (non-hydrogen) atoms. The SMILES string of the molecule is [N-]=[N+]=NS(=O)(=O)C1=COC=CO1. The summed E-state index contributed by atoms with van der Waals surface area (Å²) in [5.41, 5.74) is 7.87. The molecule has 0 aromatic heterocycles. The van der Waals surface area contributed by atoms with E-state index in [1.807, 2.05) is 0 Å². The van der Waals surface area contributed by atoms with Gasteiger partial charge in [0.2, 0.25) is 0 Å². The largest absolute Gasteiger partial charge is 0.465 e. The predicted octanol–water partition coefficient (Wildman–Crippen LogP) is 0.943. The third kappa shape index (κ3) is 1.68. The summed E-state index contributed by atoms with van der Waals surface area (Å²) < 4.78 is 33.2. The maximum atomic E-state index is 10.9. The van der Waals surface area contributed by atoms with E-state index >= 15 is 0 Å². The first-order valence-electron chi connectivity index (χ1n) is 2.65. The number of sulfonamides is 1. The molecule has 0 radical (unpaired) electrons. The molecule has 0 bridgehead atoms. The molecule has 1 rings (SSSR count). The van der Waals surface area contributed by atoms with Crippen molar-refractivity contribution in [1.29, 1.82) is 0 Å². The number of nitrogens with zero attached hydrogens (tertiary/aromatic N) is 3. The summed E-state index contributed by atoms with van der Waals surface area (Å²) in [4.78, 5) is 2.12. The monoisotopic (exact) mass is 189 g/mol. The molecule has 0 aromatic carbocycles. The Balaban J connectivity index is 2.97. The van der Waals surface area contributed by atoms with Gasteiger partial charge in [-0.05, 0) is 5.53 Å². The lowest BCUT2D eigenvalue weighted by atomic mass is 10.9. The van der Waals surface area contributed by atoms with Crippen LogP contribution in [0.1, 0.15) is 0 Å². The second-order valence-electron chi connectivity index (χ2n) is 1.61. The van der Waals surface area contributed by atoms with Crippen LogP contribution in [0.5, 0.6) is 0 Å². The number of ether oxygens (including phenoxy) is 2. The molecule has 0 fully saturated rings. The average Bonchev–Trinajstić information content (AvgIpc) is 2.06. The summed E-state index contributed by atoms with van der Waals surface area (Å²) in [6, 6.07) is 0. The van der Waals surface area contributed by atoms with Crippen LogP contribution in [0.15, 0.2) is 28.4 Å². The van der Waals surface area contributed by atoms with Crippen LogP contribution in [0.3, 0.4) is 0 Å². The van der Waals surface area contributed by atoms with Gasteiger partial charge in [-0.2, -0.15) is 0 Å². The normalized spacial score (nSPS) is 15.2. The lowest BCUT2D eigenvalue weighted by Crippen LogP contribution is -2.03. The summed E-state index contributed by atoms with van der Waals surface area (Å²) in [6.45, 7) is 0. The molecule has 0 unspecified atom stereocenters. The average molecular weight is 189 g/mol. The van der Waals surface area contributed by atoms with Crippen molar-refractivity contribution in [3.05, 3.63) is 34.3 Å². The number of azide groups is 1. The van der Waals surface area contributed by atoms with Crippen LogP contribution >= 0.6 is 0 Å². The number of hydrogen-bond donors (Lipinski definition) is 0. The summed E-state index contributed by atoms with van der Waals surface area (Å²) in [7, 11) is -4.06. The Kier molecular flexibility index (Phi) is 2.22. The molecule has 0 amide bonds. The smallest absolute Gasteiger partial charge is 0.300 e. The minimum Gasteiger partial charge on any atom is -0.465 e. The highest BCUT2D eigenvalue weighted by molar-refractivity contribution is 7.93. The van der Waals surface area contributed by atoms with Crippen LogP contribution < -0.4 is 0 Å². The fraction of sp³-hybridized carbons (Fsp3) is 0. The first-order chi connectivity index (χ1) is 5.67. The van der Waals surface area contributed by atoms with Crippen molar-refractivity contribution in [3.8, 4) is 0 Å². The third-order valence-electron chi connectivity index (χ3n) is 0.881. The molecule has 1 aliphatic heterocycles. The van der Waals surface area contributed by atoms with E-state index < -0.39 is 15.1 Å². The Morgan fingerprint density at radius 2 is 2.25 bits per heavy atom. The molecule has 7 nitrogen and oxygen atoms in total. The lowest BCUT2D eigenvalue weighted by Gasteiger charge is -2.05. The molecule has 1 heterocycles. The quantitative estimate of drug-likeness (QED) is 0.366. The third-order valence-corrected chi connectivity index (χ3v) is 1.87. The molecule has 0 saturated carbocycles. The van der Waals surface area contributed by atoms with Crippen molar-refractivity contribution < 1.29 is 17.9 Å². The summed E-state index contributed by atoms with van der Waals surface area (Å²) >= 11 is 0. The zero-order chi connectivity index (χ0) is 9.03. The van der Waals surface area contributed by atoms with Gasteiger partial charge >= 0.3 is 10.0 Å². The van der Waals surface area contributed by atoms with Crippen LogP contribution in [-0.2, 0) is 19.5 Å². The highest BCUT2D eigenvalue weighted by atomic mass is 32.2. The summed E-state index contributed by atoms with van der Waals surface area (Å²) in [5, 5.41) is -0.539. The van der Waals surface area contributed by atoms with E-state index in [1.165, 1.54) is 0 Å². The summed E-state index contributed by atoms with van der Waals surface area (Å²) in [6.07, 6.45) is 2.97. The molecular weight excluding hydrogens is 186 g/mol. The van der Waals surface area contributed by atoms with Crippen molar-refractivity contribution in [2.24, 2.45) is 4.52 Å². The zero-order valence-corrected chi connectivity index (χ0v) is 6.43. The first-order valence-corrected chi connectivity index (χ1v) is 4.09. The summed E-state index contributed by atoms with van der Waals surface area (Å²) in [5.74, 6) is 0. The van der Waals surface area contributed by atoms with Gasteiger partial charge in [-0.1, -0.05) is 0 Å². The minimum absolute atomic E-state index is 0.539. The van der Waals surface area contributed by atoms with E-state index in [0.29, 0.717) is 0 Å². The van der Waals surface area contributed by atoms with Crippen molar-refractivity contribution in [2.75, 3.05) is 0 Å². The number of rotatable bonds is 2. The van der Waals surface area contributed by atoms with E-state index in [1.54, 1.807) is 0 Å². The number of hydrogen-bond acceptors (Lipinski definition) is 4. The molecule has 0 aliphatic carbocycles. The van der Waals surface area contributed by atoms with E-state index in [4.69, 9.17) is 5.53 Å². The molecule has 0 spiro atoms.